The summed E-state index contributed by atoms with van der Waals surface area (Å²) in [6, 6.07) is 13.3. The summed E-state index contributed by atoms with van der Waals surface area (Å²) < 4.78 is 39.9. The highest BCUT2D eigenvalue weighted by Gasteiger charge is 2.44. The zero-order valence-electron chi connectivity index (χ0n) is 29.8. The number of aromatic nitrogens is 1. The van der Waals surface area contributed by atoms with E-state index in [9.17, 15) is 13.8 Å². The van der Waals surface area contributed by atoms with Crippen molar-refractivity contribution < 1.29 is 28.0 Å². The van der Waals surface area contributed by atoms with Crippen molar-refractivity contribution in [1.29, 1.82) is 0 Å². The third-order valence-corrected chi connectivity index (χ3v) is 14.0. The van der Waals surface area contributed by atoms with Crippen LogP contribution in [0.3, 0.4) is 0 Å². The number of nitrogens with one attached hydrogen (secondary N) is 2. The first-order chi connectivity index (χ1) is 25.1. The highest BCUT2D eigenvalue weighted by Crippen LogP contribution is 2.47. The Hall–Kier alpha value is -3.64. The van der Waals surface area contributed by atoms with Crippen LogP contribution >= 0.6 is 11.6 Å². The predicted molar refractivity (Wildman–Crippen MR) is 202 cm³/mol. The Kier molecular flexibility index (Phi) is 9.74. The molecule has 1 unspecified atom stereocenters. The number of nitrogens with zero attached hydrogens (tertiary/aromatic N) is 2. The van der Waals surface area contributed by atoms with Gasteiger partial charge in [0.15, 0.2) is 0 Å². The fourth-order valence-corrected chi connectivity index (χ4v) is 11.0. The summed E-state index contributed by atoms with van der Waals surface area (Å²) in [5.41, 5.74) is 5.51. The Bertz CT molecular complexity index is 2010. The van der Waals surface area contributed by atoms with Crippen LogP contribution in [0.25, 0.3) is 0 Å². The molecule has 276 valence electrons. The minimum absolute atomic E-state index is 0.00811. The molecule has 2 bridgehead atoms. The van der Waals surface area contributed by atoms with Crippen LogP contribution in [0, 0.1) is 17.8 Å². The van der Waals surface area contributed by atoms with Gasteiger partial charge >= 0.3 is 0 Å². The van der Waals surface area contributed by atoms with Gasteiger partial charge in [0.1, 0.15) is 21.4 Å². The molecule has 10 nitrogen and oxygen atoms in total. The second-order valence-corrected chi connectivity index (χ2v) is 17.8. The molecule has 5 aliphatic rings. The van der Waals surface area contributed by atoms with Crippen LogP contribution in [0.15, 0.2) is 59.0 Å². The van der Waals surface area contributed by atoms with Crippen LogP contribution in [-0.4, -0.2) is 66.3 Å². The van der Waals surface area contributed by atoms with Gasteiger partial charge in [-0.1, -0.05) is 36.7 Å². The van der Waals surface area contributed by atoms with E-state index in [1.165, 1.54) is 11.1 Å². The molecule has 0 radical (unpaired) electrons. The number of amides is 2. The number of H-pyrrole nitrogens is 1. The van der Waals surface area contributed by atoms with Crippen molar-refractivity contribution in [3.05, 3.63) is 93.3 Å². The monoisotopic (exact) mass is 746 g/mol. The molecule has 1 aromatic heterocycles. The fraction of sp³-hybridized carbons (Fsp3) is 0.500. The number of rotatable bonds is 3. The first kappa shape index (κ1) is 35.4. The van der Waals surface area contributed by atoms with Gasteiger partial charge < -0.3 is 24.1 Å². The van der Waals surface area contributed by atoms with E-state index in [1.807, 2.05) is 25.1 Å². The van der Waals surface area contributed by atoms with E-state index in [1.54, 1.807) is 19.2 Å². The summed E-state index contributed by atoms with van der Waals surface area (Å²) >= 11 is 6.46. The van der Waals surface area contributed by atoms with Crippen LogP contribution in [0.5, 0.6) is 5.75 Å². The molecular formula is C40H47ClN4O6S. The second-order valence-electron chi connectivity index (χ2n) is 15.4. The van der Waals surface area contributed by atoms with Crippen molar-refractivity contribution in [1.82, 2.24) is 9.71 Å². The molecule has 52 heavy (non-hydrogen) atoms. The van der Waals surface area contributed by atoms with E-state index in [0.29, 0.717) is 55.8 Å². The lowest BCUT2D eigenvalue weighted by atomic mass is 9.68. The van der Waals surface area contributed by atoms with Gasteiger partial charge in [-0.25, -0.2) is 4.21 Å². The quantitative estimate of drug-likeness (QED) is 0.283. The third kappa shape index (κ3) is 6.93. The maximum absolute atomic E-state index is 14.6. The topological polar surface area (TPSA) is 122 Å². The summed E-state index contributed by atoms with van der Waals surface area (Å²) in [6.07, 6.45) is 10.6. The molecule has 3 aromatic rings. The van der Waals surface area contributed by atoms with Crippen LogP contribution in [0.4, 0.5) is 5.69 Å². The molecule has 4 heterocycles. The van der Waals surface area contributed by atoms with Gasteiger partial charge in [-0.2, -0.15) is 0 Å². The van der Waals surface area contributed by atoms with Gasteiger partial charge in [-0.05, 0) is 109 Å². The molecule has 12 heteroatoms. The van der Waals surface area contributed by atoms with Crippen LogP contribution in [0.1, 0.15) is 82.3 Å². The number of aromatic amines is 1. The fourth-order valence-electron chi connectivity index (χ4n) is 8.94. The normalized spacial score (nSPS) is 30.8. The highest BCUT2D eigenvalue weighted by molar-refractivity contribution is 7.92. The first-order valence-corrected chi connectivity index (χ1v) is 20.6. The number of allylic oxidation sites excluding steroid dienone is 1. The number of methoxy groups -OCH3 is 1. The van der Waals surface area contributed by atoms with Gasteiger partial charge in [0.2, 0.25) is 0 Å². The number of anilines is 1. The molecule has 8 rings (SSSR count). The van der Waals surface area contributed by atoms with E-state index in [2.05, 4.69) is 43.3 Å². The van der Waals surface area contributed by atoms with E-state index < -0.39 is 21.7 Å². The summed E-state index contributed by atoms with van der Waals surface area (Å²) in [6.45, 7) is 4.94. The average molecular weight is 747 g/mol. The standard InChI is InChI=1S/C40H47ClN4O6S/c1-25-5-3-7-36(49-2)31-11-8-28(31)20-45-23-40(15-4-6-26-17-30(41)10-12-32(26)40)24-51-37-13-9-27(19-35(37)45)38(46)43-52(48,22-25)44-39(47)34-18-29-21-50-16-14-33(29)42-34/h3,7,9-10,12-13,17-19,25,28,31,36,42H,4-6,8,11,14-16,20-24H2,1-2H3,(H,43,44,46,47,48)/b7-3-/t25-,28-,31+,36-,40-,52?/m0/s1. The van der Waals surface area contributed by atoms with Gasteiger partial charge in [-0.3, -0.25) is 14.3 Å². The number of ether oxygens (including phenoxy) is 3. The van der Waals surface area contributed by atoms with Crippen molar-refractivity contribution in [2.45, 2.75) is 70.0 Å². The molecule has 3 aliphatic heterocycles. The van der Waals surface area contributed by atoms with Gasteiger partial charge in [0.05, 0.1) is 37.4 Å². The van der Waals surface area contributed by atoms with Crippen molar-refractivity contribution in [2.75, 3.05) is 44.1 Å². The van der Waals surface area contributed by atoms with Crippen molar-refractivity contribution in [3.8, 4) is 5.75 Å². The van der Waals surface area contributed by atoms with Crippen molar-refractivity contribution >= 4 is 39.0 Å². The molecule has 1 saturated carbocycles. The molecule has 2 aliphatic carbocycles. The number of fused-ring (bicyclic) bond motifs is 5. The maximum Gasteiger partial charge on any atom is 0.286 e. The summed E-state index contributed by atoms with van der Waals surface area (Å²) in [5.74, 6) is 0.0916. The van der Waals surface area contributed by atoms with Gasteiger partial charge in [-0.15, -0.1) is 4.36 Å². The lowest BCUT2D eigenvalue weighted by molar-refractivity contribution is 0.0131. The Labute approximate surface area is 310 Å². The molecule has 1 spiro atoms. The average Bonchev–Trinajstić information content (AvgIpc) is 3.49. The Balaban J connectivity index is 1.18. The molecule has 2 N–H and O–H groups in total. The zero-order chi connectivity index (χ0) is 36.0. The number of aryl methyl sites for hydroxylation is 1. The Morgan fingerprint density at radius 1 is 1.15 bits per heavy atom. The zero-order valence-corrected chi connectivity index (χ0v) is 31.4. The molecule has 0 saturated heterocycles. The smallest absolute Gasteiger partial charge is 0.286 e. The summed E-state index contributed by atoms with van der Waals surface area (Å²) in [4.78, 5) is 33.2. The van der Waals surface area contributed by atoms with Crippen LogP contribution in [0.2, 0.25) is 5.02 Å². The number of hydrogen-bond acceptors (Lipinski definition) is 7. The highest BCUT2D eigenvalue weighted by atomic mass is 35.5. The van der Waals surface area contributed by atoms with E-state index >= 15 is 0 Å². The molecule has 2 aromatic carbocycles. The molecule has 1 fully saturated rings. The number of carbonyl (C=O) groups excluding carboxylic acids is 2. The summed E-state index contributed by atoms with van der Waals surface area (Å²) in [5, 5.41) is 0.741. The van der Waals surface area contributed by atoms with E-state index in [0.717, 1.165) is 67.2 Å². The largest absolute Gasteiger partial charge is 0.490 e. The van der Waals surface area contributed by atoms with Crippen molar-refractivity contribution in [2.24, 2.45) is 22.1 Å². The van der Waals surface area contributed by atoms with E-state index in [-0.39, 0.29) is 28.9 Å². The summed E-state index contributed by atoms with van der Waals surface area (Å²) in [7, 11) is -1.77. The van der Waals surface area contributed by atoms with Gasteiger partial charge in [0, 0.05) is 48.3 Å². The lowest BCUT2D eigenvalue weighted by Gasteiger charge is -2.46. The predicted octanol–water partition coefficient (Wildman–Crippen LogP) is 6.80. The second kappa shape index (κ2) is 14.3. The number of carbonyl (C=O) groups is 2. The Morgan fingerprint density at radius 3 is 2.85 bits per heavy atom. The molecular weight excluding hydrogens is 700 g/mol. The first-order valence-electron chi connectivity index (χ1n) is 18.5. The minimum atomic E-state index is -3.54. The minimum Gasteiger partial charge on any atom is -0.490 e. The molecule has 6 atom stereocenters. The van der Waals surface area contributed by atoms with Gasteiger partial charge in [0.25, 0.3) is 11.8 Å². The van der Waals surface area contributed by atoms with Crippen LogP contribution in [-0.2, 0) is 44.3 Å². The SMILES string of the molecule is CO[C@H]1/C=C\C[C@H](C)CS(=O)(NC(=O)c2cc3c([nH]2)CCOC3)=NC(=O)c2ccc3c(c2)N(C[C@@H]2CC[C@H]21)C[C@@]1(CCCc2cc(Cl)ccc21)CO3. The van der Waals surface area contributed by atoms with Crippen molar-refractivity contribution in [3.63, 3.8) is 0 Å². The van der Waals surface area contributed by atoms with E-state index in [4.69, 9.17) is 25.8 Å². The molecule has 2 amide bonds. The third-order valence-electron chi connectivity index (χ3n) is 11.8. The number of hydrogen-bond donors (Lipinski definition) is 2. The lowest BCUT2D eigenvalue weighted by Crippen LogP contribution is -2.49. The number of halogens is 1. The maximum atomic E-state index is 14.6. The Morgan fingerprint density at radius 2 is 2.04 bits per heavy atom. The number of benzene rings is 2. The van der Waals surface area contributed by atoms with Crippen LogP contribution < -0.4 is 14.4 Å².